The van der Waals surface area contributed by atoms with Gasteiger partial charge < -0.3 is 16.0 Å². The molecule has 1 fully saturated rings. The highest BCUT2D eigenvalue weighted by atomic mass is 16.2. The lowest BCUT2D eigenvalue weighted by molar-refractivity contribution is -0.146. The molecule has 2 atom stereocenters. The molecule has 4 N–H and O–H groups in total. The number of pyridine rings is 1. The van der Waals surface area contributed by atoms with Crippen molar-refractivity contribution in [3.63, 3.8) is 0 Å². The molecular formula is C21H24N6O2. The first-order chi connectivity index (χ1) is 13.9. The highest BCUT2D eigenvalue weighted by Crippen LogP contribution is 2.36. The van der Waals surface area contributed by atoms with Crippen LogP contribution in [0.25, 0.3) is 10.9 Å². The van der Waals surface area contributed by atoms with Crippen LogP contribution in [0.3, 0.4) is 0 Å². The summed E-state index contributed by atoms with van der Waals surface area (Å²) < 4.78 is 0. The zero-order chi connectivity index (χ0) is 20.5. The highest BCUT2D eigenvalue weighted by molar-refractivity contribution is 6.39. The molecule has 4 rings (SSSR count). The van der Waals surface area contributed by atoms with Gasteiger partial charge in [-0.25, -0.2) is 4.98 Å². The molecule has 1 aliphatic rings. The van der Waals surface area contributed by atoms with Gasteiger partial charge in [0.25, 0.3) is 0 Å². The lowest BCUT2D eigenvalue weighted by Gasteiger charge is -2.38. The molecule has 1 aliphatic heterocycles. The number of aromatic nitrogens is 3. The molecule has 3 aromatic rings. The Kier molecular flexibility index (Phi) is 4.92. The minimum atomic E-state index is -0.672. The number of anilines is 2. The zero-order valence-corrected chi connectivity index (χ0v) is 16.5. The molecule has 1 saturated heterocycles. The Balaban J connectivity index is 1.61. The van der Waals surface area contributed by atoms with Gasteiger partial charge in [0.1, 0.15) is 5.82 Å². The second-order valence-electron chi connectivity index (χ2n) is 7.70. The Morgan fingerprint density at radius 1 is 1.31 bits per heavy atom. The second kappa shape index (κ2) is 7.54. The van der Waals surface area contributed by atoms with Crippen LogP contribution in [0.5, 0.6) is 0 Å². The quantitative estimate of drug-likeness (QED) is 0.580. The van der Waals surface area contributed by atoms with E-state index in [1.54, 1.807) is 17.9 Å². The van der Waals surface area contributed by atoms with Crippen LogP contribution in [0.15, 0.2) is 36.7 Å². The average Bonchev–Trinajstić information content (AvgIpc) is 3.19. The number of amides is 2. The molecule has 1 aromatic carbocycles. The summed E-state index contributed by atoms with van der Waals surface area (Å²) >= 11 is 0. The van der Waals surface area contributed by atoms with Crippen molar-refractivity contribution in [1.29, 1.82) is 0 Å². The third-order valence-corrected chi connectivity index (χ3v) is 5.52. The molecule has 0 spiro atoms. The van der Waals surface area contributed by atoms with Gasteiger partial charge in [-0.2, -0.15) is 5.10 Å². The number of carbonyl (C=O) groups is 2. The Hall–Kier alpha value is -3.42. The molecule has 0 aliphatic carbocycles. The van der Waals surface area contributed by atoms with Gasteiger partial charge in [-0.1, -0.05) is 19.1 Å². The van der Waals surface area contributed by atoms with Crippen molar-refractivity contribution >= 4 is 34.2 Å². The molecule has 29 heavy (non-hydrogen) atoms. The van der Waals surface area contributed by atoms with Crippen LogP contribution in [0.2, 0.25) is 0 Å². The maximum absolute atomic E-state index is 13.1. The fourth-order valence-electron chi connectivity index (χ4n) is 3.95. The summed E-state index contributed by atoms with van der Waals surface area (Å²) in [6.45, 7) is 4.43. The summed E-state index contributed by atoms with van der Waals surface area (Å²) in [6, 6.07) is 7.40. The molecule has 8 nitrogen and oxygen atoms in total. The maximum Gasteiger partial charge on any atom is 0.313 e. The Bertz CT molecular complexity index is 1080. The number of piperidine rings is 1. The largest absolute Gasteiger partial charge is 0.383 e. The highest BCUT2D eigenvalue weighted by Gasteiger charge is 2.35. The minimum absolute atomic E-state index is 0.169. The second-order valence-corrected chi connectivity index (χ2v) is 7.70. The van der Waals surface area contributed by atoms with Crippen LogP contribution in [-0.2, 0) is 9.59 Å². The number of nitrogens with two attached hydrogens (primary N) is 1. The summed E-state index contributed by atoms with van der Waals surface area (Å²) in [5, 5.41) is 10.8. The van der Waals surface area contributed by atoms with Crippen LogP contribution in [0.4, 0.5) is 11.5 Å². The van der Waals surface area contributed by atoms with E-state index in [2.05, 4.69) is 27.4 Å². The fourth-order valence-corrected chi connectivity index (χ4v) is 3.95. The Labute approximate surface area is 168 Å². The number of nitrogen functional groups attached to an aromatic ring is 1. The summed E-state index contributed by atoms with van der Waals surface area (Å²) in [5.41, 5.74) is 8.78. The lowest BCUT2D eigenvalue weighted by Crippen LogP contribution is -2.46. The van der Waals surface area contributed by atoms with Gasteiger partial charge in [0.2, 0.25) is 0 Å². The van der Waals surface area contributed by atoms with Crippen molar-refractivity contribution < 1.29 is 9.59 Å². The van der Waals surface area contributed by atoms with Crippen LogP contribution in [0, 0.1) is 12.8 Å². The van der Waals surface area contributed by atoms with Crippen LogP contribution in [-0.4, -0.2) is 38.4 Å². The van der Waals surface area contributed by atoms with Gasteiger partial charge in [-0.05, 0) is 48.9 Å². The van der Waals surface area contributed by atoms with Gasteiger partial charge in [-0.3, -0.25) is 14.7 Å². The predicted molar refractivity (Wildman–Crippen MR) is 111 cm³/mol. The number of nitrogens with zero attached hydrogens (tertiary/aromatic N) is 3. The number of nitrogens with one attached hydrogen (secondary N) is 2. The van der Waals surface area contributed by atoms with E-state index in [1.165, 1.54) is 6.20 Å². The molecule has 150 valence electrons. The minimum Gasteiger partial charge on any atom is -0.383 e. The number of H-pyrrole nitrogens is 1. The molecule has 0 saturated carbocycles. The Morgan fingerprint density at radius 3 is 2.93 bits per heavy atom. The molecular weight excluding hydrogens is 368 g/mol. The zero-order valence-electron chi connectivity index (χ0n) is 16.5. The predicted octanol–water partition coefficient (Wildman–Crippen LogP) is 2.79. The number of hydrogen-bond donors (Lipinski definition) is 3. The molecule has 8 heteroatoms. The van der Waals surface area contributed by atoms with Gasteiger partial charge in [0.15, 0.2) is 0 Å². The normalized spacial score (nSPS) is 19.3. The van der Waals surface area contributed by atoms with Crippen molar-refractivity contribution in [2.45, 2.75) is 32.7 Å². The van der Waals surface area contributed by atoms with Gasteiger partial charge in [0.05, 0.1) is 23.4 Å². The van der Waals surface area contributed by atoms with E-state index in [-0.39, 0.29) is 6.04 Å². The SMILES string of the molecule is Cc1cc(NC(=O)C(=O)N2C[C@@H](C)CC[C@@H]2c2cccc3n[nH]cc23)cnc1N. The number of aryl methyl sites for hydroxylation is 1. The molecule has 3 heterocycles. The van der Waals surface area contributed by atoms with E-state index in [1.807, 2.05) is 24.4 Å². The first kappa shape index (κ1) is 18.9. The standard InChI is InChI=1S/C21H24N6O2/c1-12-6-7-18(15-4-3-5-17-16(15)10-24-26-17)27(11-12)21(29)20(28)25-14-8-13(2)19(22)23-9-14/h3-5,8-10,12,18H,6-7,11H2,1-2H3,(H2,22,23)(H,24,26)(H,25,28)/t12-,18+/m0/s1. The number of likely N-dealkylation sites (tertiary alicyclic amines) is 1. The number of benzene rings is 1. The van der Waals surface area contributed by atoms with Gasteiger partial charge in [-0.15, -0.1) is 0 Å². The number of fused-ring (bicyclic) bond motifs is 1. The smallest absolute Gasteiger partial charge is 0.313 e. The van der Waals surface area contributed by atoms with E-state index < -0.39 is 11.8 Å². The molecule has 0 bridgehead atoms. The summed E-state index contributed by atoms with van der Waals surface area (Å²) in [6.07, 6.45) is 5.09. The molecule has 0 radical (unpaired) electrons. The van der Waals surface area contributed by atoms with Crippen molar-refractivity contribution in [2.75, 3.05) is 17.6 Å². The van der Waals surface area contributed by atoms with Gasteiger partial charge >= 0.3 is 11.8 Å². The van der Waals surface area contributed by atoms with E-state index in [0.717, 1.165) is 34.9 Å². The number of carbonyl (C=O) groups excluding carboxylic acids is 2. The average molecular weight is 392 g/mol. The van der Waals surface area contributed by atoms with E-state index >= 15 is 0 Å². The van der Waals surface area contributed by atoms with Crippen molar-refractivity contribution in [1.82, 2.24) is 20.1 Å². The maximum atomic E-state index is 13.1. The van der Waals surface area contributed by atoms with E-state index in [9.17, 15) is 9.59 Å². The summed E-state index contributed by atoms with van der Waals surface area (Å²) in [4.78, 5) is 31.5. The van der Waals surface area contributed by atoms with E-state index in [0.29, 0.717) is 24.0 Å². The third kappa shape index (κ3) is 3.65. The molecule has 2 amide bonds. The van der Waals surface area contributed by atoms with Crippen LogP contribution in [0.1, 0.15) is 36.9 Å². The van der Waals surface area contributed by atoms with Crippen LogP contribution < -0.4 is 11.1 Å². The monoisotopic (exact) mass is 392 g/mol. The van der Waals surface area contributed by atoms with Gasteiger partial charge in [0, 0.05) is 18.1 Å². The van der Waals surface area contributed by atoms with Crippen molar-refractivity contribution in [3.05, 3.63) is 47.8 Å². The van der Waals surface area contributed by atoms with Crippen molar-refractivity contribution in [3.8, 4) is 0 Å². The fraction of sp³-hybridized carbons (Fsp3) is 0.333. The molecule has 2 aromatic heterocycles. The van der Waals surface area contributed by atoms with Crippen LogP contribution >= 0.6 is 0 Å². The summed E-state index contributed by atoms with van der Waals surface area (Å²) in [7, 11) is 0. The lowest BCUT2D eigenvalue weighted by atomic mass is 9.88. The third-order valence-electron chi connectivity index (χ3n) is 5.52. The number of rotatable bonds is 2. The first-order valence-corrected chi connectivity index (χ1v) is 9.70. The first-order valence-electron chi connectivity index (χ1n) is 9.70. The summed E-state index contributed by atoms with van der Waals surface area (Å²) in [5.74, 6) is -0.495. The number of hydrogen-bond acceptors (Lipinski definition) is 5. The molecule has 0 unspecified atom stereocenters. The van der Waals surface area contributed by atoms with Crippen molar-refractivity contribution in [2.24, 2.45) is 5.92 Å². The topological polar surface area (TPSA) is 117 Å². The number of aromatic amines is 1. The van der Waals surface area contributed by atoms with E-state index in [4.69, 9.17) is 5.73 Å². The Morgan fingerprint density at radius 2 is 2.14 bits per heavy atom.